The van der Waals surface area contributed by atoms with E-state index in [2.05, 4.69) is 32.3 Å². The third kappa shape index (κ3) is 4.52. The SMILES string of the molecule is Cl.NCCC1CCCCN1Cc1cc(Br)cs1. The second-order valence-electron chi connectivity index (χ2n) is 4.43. The van der Waals surface area contributed by atoms with Crippen molar-refractivity contribution in [3.63, 3.8) is 0 Å². The Labute approximate surface area is 122 Å². The lowest BCUT2D eigenvalue weighted by Crippen LogP contribution is -2.39. The van der Waals surface area contributed by atoms with E-state index >= 15 is 0 Å². The average molecular weight is 340 g/mol. The van der Waals surface area contributed by atoms with Gasteiger partial charge in [-0.1, -0.05) is 6.42 Å². The summed E-state index contributed by atoms with van der Waals surface area (Å²) in [5, 5.41) is 2.16. The highest BCUT2D eigenvalue weighted by atomic mass is 79.9. The first-order valence-electron chi connectivity index (χ1n) is 5.96. The van der Waals surface area contributed by atoms with Crippen LogP contribution in [0.2, 0.25) is 0 Å². The van der Waals surface area contributed by atoms with Crippen molar-refractivity contribution in [2.24, 2.45) is 5.73 Å². The van der Waals surface area contributed by atoms with Gasteiger partial charge in [0, 0.05) is 27.3 Å². The number of thiophene rings is 1. The smallest absolute Gasteiger partial charge is 0.0331 e. The zero-order valence-corrected chi connectivity index (χ0v) is 13.1. The molecule has 1 unspecified atom stereocenters. The summed E-state index contributed by atoms with van der Waals surface area (Å²) in [6, 6.07) is 2.94. The Bertz CT molecular complexity index is 330. The fraction of sp³-hybridized carbons (Fsp3) is 0.667. The average Bonchev–Trinajstić information content (AvgIpc) is 2.67. The lowest BCUT2D eigenvalue weighted by molar-refractivity contribution is 0.135. The van der Waals surface area contributed by atoms with E-state index in [1.165, 1.54) is 35.2 Å². The van der Waals surface area contributed by atoms with Crippen molar-refractivity contribution < 1.29 is 0 Å². The topological polar surface area (TPSA) is 29.3 Å². The molecule has 0 bridgehead atoms. The van der Waals surface area contributed by atoms with Gasteiger partial charge in [-0.3, -0.25) is 4.90 Å². The van der Waals surface area contributed by atoms with E-state index in [4.69, 9.17) is 5.73 Å². The number of hydrogen-bond donors (Lipinski definition) is 1. The van der Waals surface area contributed by atoms with E-state index in [9.17, 15) is 0 Å². The Hall–Kier alpha value is 0.390. The molecule has 0 saturated carbocycles. The minimum Gasteiger partial charge on any atom is -0.330 e. The van der Waals surface area contributed by atoms with Gasteiger partial charge in [0.05, 0.1) is 0 Å². The molecule has 0 amide bonds. The quantitative estimate of drug-likeness (QED) is 0.907. The van der Waals surface area contributed by atoms with Crippen LogP contribution < -0.4 is 5.73 Å². The number of nitrogens with zero attached hydrogens (tertiary/aromatic N) is 1. The normalized spacial score (nSPS) is 21.2. The van der Waals surface area contributed by atoms with Crippen LogP contribution in [0.5, 0.6) is 0 Å². The predicted molar refractivity (Wildman–Crippen MR) is 81.0 cm³/mol. The van der Waals surface area contributed by atoms with Crippen LogP contribution in [-0.4, -0.2) is 24.0 Å². The molecule has 5 heteroatoms. The van der Waals surface area contributed by atoms with E-state index in [0.29, 0.717) is 6.04 Å². The van der Waals surface area contributed by atoms with Crippen molar-refractivity contribution in [3.05, 3.63) is 20.8 Å². The van der Waals surface area contributed by atoms with Gasteiger partial charge < -0.3 is 5.73 Å². The van der Waals surface area contributed by atoms with E-state index in [-0.39, 0.29) is 12.4 Å². The second kappa shape index (κ2) is 7.74. The molecule has 17 heavy (non-hydrogen) atoms. The molecule has 1 fully saturated rings. The Morgan fingerprint density at radius 2 is 2.29 bits per heavy atom. The van der Waals surface area contributed by atoms with E-state index in [1.54, 1.807) is 0 Å². The van der Waals surface area contributed by atoms with E-state index in [0.717, 1.165) is 19.5 Å². The predicted octanol–water partition coefficient (Wildman–Crippen LogP) is 3.64. The molecule has 2 rings (SSSR count). The second-order valence-corrected chi connectivity index (χ2v) is 6.34. The summed E-state index contributed by atoms with van der Waals surface area (Å²) in [4.78, 5) is 4.06. The fourth-order valence-corrected chi connectivity index (χ4v) is 3.90. The van der Waals surface area contributed by atoms with Crippen LogP contribution in [0.4, 0.5) is 0 Å². The molecule has 2 heterocycles. The Balaban J connectivity index is 0.00000144. The van der Waals surface area contributed by atoms with Gasteiger partial charge >= 0.3 is 0 Å². The van der Waals surface area contributed by atoms with Crippen molar-refractivity contribution in [1.29, 1.82) is 0 Å². The molecule has 2 N–H and O–H groups in total. The molecule has 1 aromatic rings. The lowest BCUT2D eigenvalue weighted by Gasteiger charge is -2.35. The standard InChI is InChI=1S/C12H19BrN2S.ClH/c13-10-7-12(16-9-10)8-15-6-2-1-3-11(15)4-5-14;/h7,9,11H,1-6,8,14H2;1H. The van der Waals surface area contributed by atoms with Crippen LogP contribution in [-0.2, 0) is 6.54 Å². The largest absolute Gasteiger partial charge is 0.330 e. The number of nitrogens with two attached hydrogens (primary N) is 1. The number of likely N-dealkylation sites (tertiary alicyclic amines) is 1. The number of rotatable bonds is 4. The maximum Gasteiger partial charge on any atom is 0.0331 e. The van der Waals surface area contributed by atoms with Gasteiger partial charge in [-0.25, -0.2) is 0 Å². The fourth-order valence-electron chi connectivity index (χ4n) is 2.42. The summed E-state index contributed by atoms with van der Waals surface area (Å²) in [7, 11) is 0. The number of piperidine rings is 1. The molecule has 0 aromatic carbocycles. The van der Waals surface area contributed by atoms with Gasteiger partial charge in [0.25, 0.3) is 0 Å². The molecular formula is C12H20BrClN2S. The maximum absolute atomic E-state index is 5.69. The monoisotopic (exact) mass is 338 g/mol. The maximum atomic E-state index is 5.69. The van der Waals surface area contributed by atoms with Crippen LogP contribution >= 0.6 is 39.7 Å². The Kier molecular flexibility index (Phi) is 7.04. The molecule has 0 radical (unpaired) electrons. The van der Waals surface area contributed by atoms with Gasteiger partial charge in [0.15, 0.2) is 0 Å². The highest BCUT2D eigenvalue weighted by Crippen LogP contribution is 2.25. The van der Waals surface area contributed by atoms with Crippen molar-refractivity contribution in [1.82, 2.24) is 4.90 Å². The molecular weight excluding hydrogens is 320 g/mol. The van der Waals surface area contributed by atoms with Gasteiger partial charge in [-0.15, -0.1) is 23.7 Å². The molecule has 1 aromatic heterocycles. The van der Waals surface area contributed by atoms with Crippen LogP contribution in [0.3, 0.4) is 0 Å². The van der Waals surface area contributed by atoms with Gasteiger partial charge in [-0.05, 0) is 54.3 Å². The van der Waals surface area contributed by atoms with E-state index in [1.807, 2.05) is 11.3 Å². The first-order valence-corrected chi connectivity index (χ1v) is 7.64. The summed E-state index contributed by atoms with van der Waals surface area (Å²) in [6.45, 7) is 3.15. The first kappa shape index (κ1) is 15.4. The molecule has 1 aliphatic rings. The van der Waals surface area contributed by atoms with Gasteiger partial charge in [0.2, 0.25) is 0 Å². The summed E-state index contributed by atoms with van der Waals surface area (Å²) < 4.78 is 1.21. The zero-order valence-electron chi connectivity index (χ0n) is 9.90. The molecule has 1 atom stereocenters. The van der Waals surface area contributed by atoms with Crippen LogP contribution in [0.15, 0.2) is 15.9 Å². The van der Waals surface area contributed by atoms with Crippen molar-refractivity contribution >= 4 is 39.7 Å². The summed E-state index contributed by atoms with van der Waals surface area (Å²) >= 11 is 5.36. The molecule has 1 saturated heterocycles. The van der Waals surface area contributed by atoms with Gasteiger partial charge in [0.1, 0.15) is 0 Å². The number of hydrogen-bond acceptors (Lipinski definition) is 3. The minimum absolute atomic E-state index is 0. The van der Waals surface area contributed by atoms with Crippen LogP contribution in [0, 0.1) is 0 Å². The zero-order chi connectivity index (χ0) is 11.4. The van der Waals surface area contributed by atoms with Crippen LogP contribution in [0.25, 0.3) is 0 Å². The van der Waals surface area contributed by atoms with Crippen molar-refractivity contribution in [3.8, 4) is 0 Å². The summed E-state index contributed by atoms with van der Waals surface area (Å²) in [6.07, 6.45) is 5.18. The molecule has 0 spiro atoms. The molecule has 98 valence electrons. The Morgan fingerprint density at radius 3 is 2.94 bits per heavy atom. The molecule has 0 aliphatic carbocycles. The molecule has 1 aliphatic heterocycles. The highest BCUT2D eigenvalue weighted by Gasteiger charge is 2.21. The summed E-state index contributed by atoms with van der Waals surface area (Å²) in [5.41, 5.74) is 5.69. The van der Waals surface area contributed by atoms with Crippen molar-refractivity contribution in [2.75, 3.05) is 13.1 Å². The third-order valence-electron chi connectivity index (χ3n) is 3.23. The third-order valence-corrected chi connectivity index (χ3v) is 4.91. The van der Waals surface area contributed by atoms with Crippen molar-refractivity contribution in [2.45, 2.75) is 38.3 Å². The van der Waals surface area contributed by atoms with Crippen LogP contribution in [0.1, 0.15) is 30.6 Å². The first-order chi connectivity index (χ1) is 7.79. The Morgan fingerprint density at radius 1 is 1.47 bits per heavy atom. The highest BCUT2D eigenvalue weighted by molar-refractivity contribution is 9.10. The summed E-state index contributed by atoms with van der Waals surface area (Å²) in [5.74, 6) is 0. The lowest BCUT2D eigenvalue weighted by atomic mass is 9.99. The van der Waals surface area contributed by atoms with E-state index < -0.39 is 0 Å². The minimum atomic E-state index is 0. The molecule has 2 nitrogen and oxygen atoms in total. The van der Waals surface area contributed by atoms with Gasteiger partial charge in [-0.2, -0.15) is 0 Å². The number of halogens is 2.